The van der Waals surface area contributed by atoms with Gasteiger partial charge in [0.15, 0.2) is 6.61 Å². The van der Waals surface area contributed by atoms with Crippen molar-refractivity contribution < 1.29 is 18.8 Å². The van der Waals surface area contributed by atoms with Crippen LogP contribution in [0.2, 0.25) is 5.02 Å². The third-order valence-electron chi connectivity index (χ3n) is 2.56. The molecule has 0 unspecified atom stereocenters. The van der Waals surface area contributed by atoms with Gasteiger partial charge in [-0.15, -0.1) is 0 Å². The molecule has 2 aromatic rings. The molecule has 1 amide bonds. The van der Waals surface area contributed by atoms with Gasteiger partial charge in [-0.2, -0.15) is 0 Å². The van der Waals surface area contributed by atoms with Crippen molar-refractivity contribution in [2.24, 2.45) is 0 Å². The Morgan fingerprint density at radius 3 is 2.71 bits per heavy atom. The Morgan fingerprint density at radius 1 is 1.33 bits per heavy atom. The van der Waals surface area contributed by atoms with Crippen molar-refractivity contribution in [1.82, 2.24) is 5.16 Å². The average molecular weight is 309 g/mol. The average Bonchev–Trinajstić information content (AvgIpc) is 2.86. The first-order chi connectivity index (χ1) is 9.95. The predicted molar refractivity (Wildman–Crippen MR) is 76.3 cm³/mol. The number of esters is 1. The van der Waals surface area contributed by atoms with Gasteiger partial charge in [0.25, 0.3) is 5.91 Å². The van der Waals surface area contributed by atoms with Gasteiger partial charge in [-0.25, -0.2) is 4.79 Å². The number of rotatable bonds is 4. The van der Waals surface area contributed by atoms with E-state index in [2.05, 4.69) is 10.5 Å². The Kier molecular flexibility index (Phi) is 4.59. The van der Waals surface area contributed by atoms with Gasteiger partial charge in [-0.3, -0.25) is 4.79 Å². The molecule has 1 heterocycles. The summed E-state index contributed by atoms with van der Waals surface area (Å²) in [6, 6.07) is 6.64. The number of nitrogens with zero attached hydrogens (tertiary/aromatic N) is 1. The fourth-order valence-corrected chi connectivity index (χ4v) is 1.85. The molecule has 110 valence electrons. The highest BCUT2D eigenvalue weighted by Crippen LogP contribution is 2.22. The minimum absolute atomic E-state index is 0.0475. The molecule has 0 saturated heterocycles. The molecule has 1 N–H and O–H groups in total. The van der Waals surface area contributed by atoms with Crippen LogP contribution in [0.25, 0.3) is 0 Å². The quantitative estimate of drug-likeness (QED) is 0.878. The molecule has 6 nitrogen and oxygen atoms in total. The third kappa shape index (κ3) is 4.06. The van der Waals surface area contributed by atoms with E-state index in [0.29, 0.717) is 16.4 Å². The lowest BCUT2D eigenvalue weighted by molar-refractivity contribution is -0.119. The molecule has 0 radical (unpaired) electrons. The van der Waals surface area contributed by atoms with Gasteiger partial charge in [0.1, 0.15) is 0 Å². The molecule has 0 fully saturated rings. The Balaban J connectivity index is 1.89. The summed E-state index contributed by atoms with van der Waals surface area (Å²) in [7, 11) is 0. The molecule has 0 aliphatic rings. The third-order valence-corrected chi connectivity index (χ3v) is 2.87. The maximum absolute atomic E-state index is 11.7. The Hall–Kier alpha value is -2.34. The van der Waals surface area contributed by atoms with Gasteiger partial charge < -0.3 is 14.6 Å². The highest BCUT2D eigenvalue weighted by Gasteiger charge is 2.15. The van der Waals surface area contributed by atoms with Gasteiger partial charge in [0.05, 0.1) is 16.4 Å². The van der Waals surface area contributed by atoms with Crippen LogP contribution < -0.4 is 5.32 Å². The van der Waals surface area contributed by atoms with Crippen LogP contribution in [-0.2, 0) is 9.53 Å². The summed E-state index contributed by atoms with van der Waals surface area (Å²) in [5, 5.41) is 6.53. The second kappa shape index (κ2) is 6.41. The molecule has 0 aliphatic heterocycles. The van der Waals surface area contributed by atoms with Crippen molar-refractivity contribution in [3.8, 4) is 0 Å². The van der Waals surface area contributed by atoms with E-state index in [-0.39, 0.29) is 5.76 Å². The highest BCUT2D eigenvalue weighted by atomic mass is 35.5. The minimum Gasteiger partial charge on any atom is -0.450 e. The number of amides is 1. The number of halogens is 1. The molecular weight excluding hydrogens is 296 g/mol. The van der Waals surface area contributed by atoms with Crippen molar-refractivity contribution in [2.75, 3.05) is 11.9 Å². The van der Waals surface area contributed by atoms with Crippen LogP contribution in [0.4, 0.5) is 5.69 Å². The first-order valence-electron chi connectivity index (χ1n) is 6.12. The lowest BCUT2D eigenvalue weighted by Crippen LogP contribution is -2.21. The van der Waals surface area contributed by atoms with E-state index in [1.165, 1.54) is 6.07 Å². The maximum Gasteiger partial charge on any atom is 0.377 e. The number of aromatic nitrogens is 1. The number of carbonyl (C=O) groups is 2. The summed E-state index contributed by atoms with van der Waals surface area (Å²) in [5.74, 6) is -1.29. The zero-order valence-electron chi connectivity index (χ0n) is 11.5. The molecule has 0 saturated carbocycles. The first-order valence-corrected chi connectivity index (χ1v) is 6.50. The van der Waals surface area contributed by atoms with Gasteiger partial charge in [0.2, 0.25) is 5.76 Å². The SMILES string of the molecule is Cc1ccc(NC(=O)COC(=O)c2cc(C)no2)c(Cl)c1. The number of carbonyl (C=O) groups excluding carboxylic acids is 2. The summed E-state index contributed by atoms with van der Waals surface area (Å²) in [6.45, 7) is 3.12. The van der Waals surface area contributed by atoms with Crippen molar-refractivity contribution in [3.05, 3.63) is 46.3 Å². The van der Waals surface area contributed by atoms with Crippen molar-refractivity contribution in [3.63, 3.8) is 0 Å². The number of nitrogens with one attached hydrogen (secondary N) is 1. The minimum atomic E-state index is -0.749. The Labute approximate surface area is 126 Å². The zero-order valence-corrected chi connectivity index (χ0v) is 12.2. The summed E-state index contributed by atoms with van der Waals surface area (Å²) >= 11 is 5.99. The van der Waals surface area contributed by atoms with Crippen molar-refractivity contribution in [1.29, 1.82) is 0 Å². The Morgan fingerprint density at radius 2 is 2.10 bits per heavy atom. The molecule has 21 heavy (non-hydrogen) atoms. The highest BCUT2D eigenvalue weighted by molar-refractivity contribution is 6.33. The van der Waals surface area contributed by atoms with E-state index >= 15 is 0 Å². The van der Waals surface area contributed by atoms with Crippen LogP contribution in [0, 0.1) is 13.8 Å². The zero-order chi connectivity index (χ0) is 15.4. The van der Waals surface area contributed by atoms with E-state index in [1.54, 1.807) is 19.1 Å². The second-order valence-corrected chi connectivity index (χ2v) is 4.85. The molecule has 0 bridgehead atoms. The van der Waals surface area contributed by atoms with E-state index in [4.69, 9.17) is 20.9 Å². The molecule has 7 heteroatoms. The fraction of sp³-hybridized carbons (Fsp3) is 0.214. The van der Waals surface area contributed by atoms with E-state index < -0.39 is 18.5 Å². The largest absolute Gasteiger partial charge is 0.450 e. The number of ether oxygens (including phenoxy) is 1. The van der Waals surface area contributed by atoms with Gasteiger partial charge in [-0.05, 0) is 31.5 Å². The van der Waals surface area contributed by atoms with Crippen molar-refractivity contribution >= 4 is 29.2 Å². The van der Waals surface area contributed by atoms with Crippen LogP contribution in [-0.4, -0.2) is 23.6 Å². The van der Waals surface area contributed by atoms with Crippen LogP contribution in [0.1, 0.15) is 21.8 Å². The predicted octanol–water partition coefficient (Wildman–Crippen LogP) is 2.74. The standard InChI is InChI=1S/C14H13ClN2O4/c1-8-3-4-11(10(15)5-8)16-13(18)7-20-14(19)12-6-9(2)17-21-12/h3-6H,7H2,1-2H3,(H,16,18). The summed E-state index contributed by atoms with van der Waals surface area (Å²) in [6.07, 6.45) is 0. The van der Waals surface area contributed by atoms with E-state index in [0.717, 1.165) is 5.56 Å². The molecular formula is C14H13ClN2O4. The maximum atomic E-state index is 11.7. The molecule has 1 aromatic heterocycles. The summed E-state index contributed by atoms with van der Waals surface area (Å²) in [5.41, 5.74) is 1.99. The molecule has 0 spiro atoms. The summed E-state index contributed by atoms with van der Waals surface area (Å²) < 4.78 is 9.54. The fourth-order valence-electron chi connectivity index (χ4n) is 1.57. The first kappa shape index (κ1) is 15.1. The normalized spacial score (nSPS) is 10.2. The monoisotopic (exact) mass is 308 g/mol. The number of benzene rings is 1. The summed E-state index contributed by atoms with van der Waals surface area (Å²) in [4.78, 5) is 23.3. The van der Waals surface area contributed by atoms with Crippen LogP contribution in [0.3, 0.4) is 0 Å². The van der Waals surface area contributed by atoms with Crippen LogP contribution >= 0.6 is 11.6 Å². The lowest BCUT2D eigenvalue weighted by atomic mass is 10.2. The van der Waals surface area contributed by atoms with Crippen LogP contribution in [0.5, 0.6) is 0 Å². The van der Waals surface area contributed by atoms with Crippen LogP contribution in [0.15, 0.2) is 28.8 Å². The number of hydrogen-bond acceptors (Lipinski definition) is 5. The van der Waals surface area contributed by atoms with Crippen molar-refractivity contribution in [2.45, 2.75) is 13.8 Å². The number of anilines is 1. The number of hydrogen-bond donors (Lipinski definition) is 1. The molecule has 2 rings (SSSR count). The second-order valence-electron chi connectivity index (χ2n) is 4.44. The molecule has 0 atom stereocenters. The topological polar surface area (TPSA) is 81.4 Å². The molecule has 0 aliphatic carbocycles. The van der Waals surface area contributed by atoms with E-state index in [1.807, 2.05) is 13.0 Å². The van der Waals surface area contributed by atoms with Gasteiger partial charge in [0, 0.05) is 6.07 Å². The van der Waals surface area contributed by atoms with Gasteiger partial charge in [-0.1, -0.05) is 22.8 Å². The lowest BCUT2D eigenvalue weighted by Gasteiger charge is -2.07. The number of aryl methyl sites for hydroxylation is 2. The van der Waals surface area contributed by atoms with Gasteiger partial charge >= 0.3 is 5.97 Å². The Bertz CT molecular complexity index is 681. The molecule has 1 aromatic carbocycles. The van der Waals surface area contributed by atoms with E-state index in [9.17, 15) is 9.59 Å². The smallest absolute Gasteiger partial charge is 0.377 e.